The van der Waals surface area contributed by atoms with Crippen LogP contribution >= 0.6 is 0 Å². The van der Waals surface area contributed by atoms with E-state index in [-0.39, 0.29) is 0 Å². The summed E-state index contributed by atoms with van der Waals surface area (Å²) in [5.41, 5.74) is 19.1. The van der Waals surface area contributed by atoms with E-state index in [9.17, 15) is 0 Å². The number of rotatable bonds is 9. The van der Waals surface area contributed by atoms with Crippen molar-refractivity contribution in [1.82, 2.24) is 0 Å². The molecule has 0 N–H and O–H groups in total. The molecule has 2 heteroatoms. The van der Waals surface area contributed by atoms with Crippen LogP contribution in [0.5, 0.6) is 0 Å². The monoisotopic (exact) mass is 841 g/mol. The van der Waals surface area contributed by atoms with Gasteiger partial charge in [0.2, 0.25) is 0 Å². The molecule has 0 radical (unpaired) electrons. The maximum atomic E-state index is 6.28. The van der Waals surface area contributed by atoms with E-state index >= 15 is 0 Å². The Morgan fingerprint density at radius 1 is 0.242 bits per heavy atom. The molecular weight excluding hydrogens is 799 g/mol. The Balaban J connectivity index is 0.961. The highest BCUT2D eigenvalue weighted by molar-refractivity contribution is 6.12. The fraction of sp³-hybridized carbons (Fsp3) is 0. The van der Waals surface area contributed by atoms with E-state index < -0.39 is 0 Å². The minimum absolute atomic E-state index is 0.894. The van der Waals surface area contributed by atoms with Gasteiger partial charge < -0.3 is 9.32 Å². The summed E-state index contributed by atoms with van der Waals surface area (Å²) in [5.74, 6) is 0. The van der Waals surface area contributed by atoms with Gasteiger partial charge in [-0.25, -0.2) is 0 Å². The molecule has 0 aliphatic heterocycles. The number of furan rings is 1. The van der Waals surface area contributed by atoms with Crippen molar-refractivity contribution in [3.05, 3.63) is 261 Å². The molecule has 11 aromatic carbocycles. The number of fused-ring (bicyclic) bond motifs is 4. The third-order valence-electron chi connectivity index (χ3n) is 12.8. The van der Waals surface area contributed by atoms with Gasteiger partial charge in [0, 0.05) is 27.8 Å². The van der Waals surface area contributed by atoms with E-state index in [0.717, 1.165) is 61.3 Å². The lowest BCUT2D eigenvalue weighted by Gasteiger charge is -2.26. The molecule has 12 rings (SSSR count). The Hall–Kier alpha value is -8.72. The molecule has 0 saturated heterocycles. The van der Waals surface area contributed by atoms with Gasteiger partial charge in [0.1, 0.15) is 11.2 Å². The first-order chi connectivity index (χ1) is 32.7. The van der Waals surface area contributed by atoms with E-state index in [1.165, 1.54) is 55.3 Å². The van der Waals surface area contributed by atoms with Gasteiger partial charge in [-0.05, 0) is 150 Å². The summed E-state index contributed by atoms with van der Waals surface area (Å²) in [4.78, 5) is 2.37. The Kier molecular flexibility index (Phi) is 9.89. The number of hydrogen-bond donors (Lipinski definition) is 0. The van der Waals surface area contributed by atoms with Crippen LogP contribution in [-0.4, -0.2) is 0 Å². The minimum Gasteiger partial charge on any atom is -0.456 e. The van der Waals surface area contributed by atoms with E-state index in [1.54, 1.807) is 0 Å². The van der Waals surface area contributed by atoms with Crippen molar-refractivity contribution < 1.29 is 4.42 Å². The van der Waals surface area contributed by atoms with Crippen molar-refractivity contribution in [3.8, 4) is 66.8 Å². The molecule has 12 aromatic rings. The summed E-state index contributed by atoms with van der Waals surface area (Å²) in [6.07, 6.45) is 0. The number of nitrogens with zero attached hydrogens (tertiary/aromatic N) is 1. The molecule has 0 bridgehead atoms. The predicted octanol–water partition coefficient (Wildman–Crippen LogP) is 18.2. The van der Waals surface area contributed by atoms with Crippen molar-refractivity contribution in [2.75, 3.05) is 4.90 Å². The SMILES string of the molecule is c1ccc(-c2cc(-c3ccccc3)cc(-c3ccc(N(c4ccc(-c5cccc6oc7ccccc7c56)cc4)c4cccc(-c5cccc(-c6cccc7ccccc67)c5)c4)cc3)c2)cc1. The lowest BCUT2D eigenvalue weighted by molar-refractivity contribution is 0.669. The quantitative estimate of drug-likeness (QED) is 0.144. The van der Waals surface area contributed by atoms with Gasteiger partial charge in [0.05, 0.1) is 0 Å². The van der Waals surface area contributed by atoms with Crippen LogP contribution in [0.1, 0.15) is 0 Å². The maximum Gasteiger partial charge on any atom is 0.136 e. The van der Waals surface area contributed by atoms with Crippen LogP contribution < -0.4 is 4.90 Å². The zero-order chi connectivity index (χ0) is 43.8. The Bertz CT molecular complexity index is 3620. The molecule has 0 atom stereocenters. The molecule has 0 spiro atoms. The smallest absolute Gasteiger partial charge is 0.136 e. The van der Waals surface area contributed by atoms with Crippen LogP contribution in [0.2, 0.25) is 0 Å². The highest BCUT2D eigenvalue weighted by Gasteiger charge is 2.17. The fourth-order valence-electron chi connectivity index (χ4n) is 9.61. The molecule has 310 valence electrons. The minimum atomic E-state index is 0.894. The number of para-hydroxylation sites is 1. The Labute approximate surface area is 384 Å². The first kappa shape index (κ1) is 38.9. The second-order valence-electron chi connectivity index (χ2n) is 16.9. The van der Waals surface area contributed by atoms with Gasteiger partial charge in [0.15, 0.2) is 0 Å². The van der Waals surface area contributed by atoms with Crippen molar-refractivity contribution >= 4 is 49.8 Å². The lowest BCUT2D eigenvalue weighted by atomic mass is 9.93. The van der Waals surface area contributed by atoms with Gasteiger partial charge in [0.25, 0.3) is 0 Å². The zero-order valence-corrected chi connectivity index (χ0v) is 36.2. The highest BCUT2D eigenvalue weighted by atomic mass is 16.3. The van der Waals surface area contributed by atoms with E-state index in [2.05, 4.69) is 254 Å². The van der Waals surface area contributed by atoms with Gasteiger partial charge >= 0.3 is 0 Å². The third-order valence-corrected chi connectivity index (χ3v) is 12.8. The first-order valence-corrected chi connectivity index (χ1v) is 22.6. The summed E-state index contributed by atoms with van der Waals surface area (Å²) in [7, 11) is 0. The summed E-state index contributed by atoms with van der Waals surface area (Å²) in [5, 5.41) is 4.76. The van der Waals surface area contributed by atoms with Gasteiger partial charge in [-0.1, -0.05) is 188 Å². The van der Waals surface area contributed by atoms with Crippen LogP contribution in [0.15, 0.2) is 265 Å². The number of hydrogen-bond acceptors (Lipinski definition) is 2. The molecule has 0 amide bonds. The van der Waals surface area contributed by atoms with Crippen molar-refractivity contribution in [2.45, 2.75) is 0 Å². The average molecular weight is 842 g/mol. The summed E-state index contributed by atoms with van der Waals surface area (Å²) in [6, 6.07) is 93.9. The summed E-state index contributed by atoms with van der Waals surface area (Å²) < 4.78 is 6.28. The topological polar surface area (TPSA) is 16.4 Å². The van der Waals surface area contributed by atoms with Crippen LogP contribution in [0.3, 0.4) is 0 Å². The Morgan fingerprint density at radius 2 is 0.697 bits per heavy atom. The molecule has 66 heavy (non-hydrogen) atoms. The molecule has 0 aliphatic carbocycles. The van der Waals surface area contributed by atoms with Crippen LogP contribution in [-0.2, 0) is 0 Å². The van der Waals surface area contributed by atoms with Crippen molar-refractivity contribution in [2.24, 2.45) is 0 Å². The van der Waals surface area contributed by atoms with Crippen LogP contribution in [0.4, 0.5) is 17.1 Å². The lowest BCUT2D eigenvalue weighted by Crippen LogP contribution is -2.10. The normalized spacial score (nSPS) is 11.3. The molecule has 0 saturated carbocycles. The molecule has 0 unspecified atom stereocenters. The standard InChI is InChI=1S/C64H43NO/c1-3-15-44(16-4-1)52-40-53(45-17-5-2-6-18-45)42-54(41-52)46-31-35-55(36-32-46)65(56-37-33-48(34-38-56)60-28-14-30-63-64(60)61-26-9-10-29-62(61)66-63)57-24-12-22-50(43-57)49-21-11-23-51(39-49)59-27-13-20-47-19-7-8-25-58(47)59/h1-43H. The molecule has 1 aromatic heterocycles. The molecule has 0 aliphatic rings. The maximum absolute atomic E-state index is 6.28. The van der Waals surface area contributed by atoms with Crippen LogP contribution in [0, 0.1) is 0 Å². The van der Waals surface area contributed by atoms with E-state index in [4.69, 9.17) is 4.42 Å². The van der Waals surface area contributed by atoms with Crippen molar-refractivity contribution in [1.29, 1.82) is 0 Å². The molecule has 1 heterocycles. The molecular formula is C64H43NO. The first-order valence-electron chi connectivity index (χ1n) is 22.6. The third kappa shape index (κ3) is 7.31. The predicted molar refractivity (Wildman–Crippen MR) is 279 cm³/mol. The Morgan fingerprint density at radius 3 is 1.39 bits per heavy atom. The number of benzene rings is 11. The second kappa shape index (κ2) is 16.8. The van der Waals surface area contributed by atoms with Gasteiger partial charge in [-0.2, -0.15) is 0 Å². The van der Waals surface area contributed by atoms with Gasteiger partial charge in [-0.15, -0.1) is 0 Å². The van der Waals surface area contributed by atoms with Crippen LogP contribution in [0.25, 0.3) is 99.5 Å². The zero-order valence-electron chi connectivity index (χ0n) is 36.2. The molecule has 0 fully saturated rings. The fourth-order valence-corrected chi connectivity index (χ4v) is 9.61. The average Bonchev–Trinajstić information content (AvgIpc) is 3.79. The largest absolute Gasteiger partial charge is 0.456 e. The van der Waals surface area contributed by atoms with E-state index in [0.29, 0.717) is 0 Å². The highest BCUT2D eigenvalue weighted by Crippen LogP contribution is 2.42. The van der Waals surface area contributed by atoms with Gasteiger partial charge in [-0.3, -0.25) is 0 Å². The summed E-state index contributed by atoms with van der Waals surface area (Å²) in [6.45, 7) is 0. The number of anilines is 3. The van der Waals surface area contributed by atoms with Crippen molar-refractivity contribution in [3.63, 3.8) is 0 Å². The molecule has 2 nitrogen and oxygen atoms in total. The van der Waals surface area contributed by atoms with E-state index in [1.807, 2.05) is 12.1 Å². The second-order valence-corrected chi connectivity index (χ2v) is 16.9. The summed E-state index contributed by atoms with van der Waals surface area (Å²) >= 11 is 0.